The quantitative estimate of drug-likeness (QED) is 0.487. The van der Waals surface area contributed by atoms with Crippen LogP contribution in [0.4, 0.5) is 0 Å². The lowest BCUT2D eigenvalue weighted by Gasteiger charge is -2.64. The molecule has 0 radical (unpaired) electrons. The van der Waals surface area contributed by atoms with Gasteiger partial charge in [-0.1, -0.05) is 46.3 Å². The van der Waals surface area contributed by atoms with Gasteiger partial charge in [0.05, 0.1) is 12.2 Å². The number of Topliss-reactive ketones (excluding diaryl/α,β-unsaturated/α-hetero) is 1. The van der Waals surface area contributed by atoms with E-state index in [1.807, 2.05) is 6.08 Å². The second-order valence-electron chi connectivity index (χ2n) is 14.5. The molecular weight excluding hydrogens is 408 g/mol. The van der Waals surface area contributed by atoms with Crippen LogP contribution in [-0.4, -0.2) is 28.2 Å². The van der Waals surface area contributed by atoms with Crippen LogP contribution in [0, 0.1) is 50.7 Å². The molecule has 5 aliphatic carbocycles. The normalized spacial score (nSPS) is 51.5. The molecule has 0 unspecified atom stereocenters. The van der Waals surface area contributed by atoms with Crippen molar-refractivity contribution in [3.63, 3.8) is 0 Å². The van der Waals surface area contributed by atoms with Crippen LogP contribution in [0.5, 0.6) is 0 Å². The van der Waals surface area contributed by atoms with E-state index in [-0.39, 0.29) is 33.9 Å². The predicted molar refractivity (Wildman–Crippen MR) is 132 cm³/mol. The number of carbonyl (C=O) groups is 1. The third-order valence-electron chi connectivity index (χ3n) is 12.7. The number of ketones is 1. The fraction of sp³-hybridized carbons (Fsp3) is 0.900. The van der Waals surface area contributed by atoms with Gasteiger partial charge in [-0.15, -0.1) is 0 Å². The summed E-state index contributed by atoms with van der Waals surface area (Å²) in [7, 11) is 0. The van der Waals surface area contributed by atoms with Gasteiger partial charge in [0.25, 0.3) is 0 Å². The number of hydrogen-bond acceptors (Lipinski definition) is 3. The first kappa shape index (κ1) is 24.0. The first-order chi connectivity index (χ1) is 15.3. The maximum Gasteiger partial charge on any atom is 0.138 e. The molecule has 5 saturated carbocycles. The summed E-state index contributed by atoms with van der Waals surface area (Å²) >= 11 is 0. The van der Waals surface area contributed by atoms with Crippen LogP contribution < -0.4 is 0 Å². The summed E-state index contributed by atoms with van der Waals surface area (Å²) in [5.74, 6) is 2.21. The lowest BCUT2D eigenvalue weighted by atomic mass is 9.41. The van der Waals surface area contributed by atoms with Crippen molar-refractivity contribution in [1.82, 2.24) is 0 Å². The number of aliphatic hydroxyl groups is 2. The largest absolute Gasteiger partial charge is 0.393 e. The lowest BCUT2D eigenvalue weighted by Crippen LogP contribution is -2.61. The van der Waals surface area contributed by atoms with Gasteiger partial charge >= 0.3 is 0 Å². The zero-order valence-electron chi connectivity index (χ0n) is 22.2. The summed E-state index contributed by atoms with van der Waals surface area (Å²) in [5.41, 5.74) is 1.80. The molecule has 10 atom stereocenters. The second-order valence-corrected chi connectivity index (χ2v) is 14.5. The summed E-state index contributed by atoms with van der Waals surface area (Å²) < 4.78 is 0. The Bertz CT molecular complexity index is 870. The highest BCUT2D eigenvalue weighted by molar-refractivity contribution is 5.86. The van der Waals surface area contributed by atoms with Gasteiger partial charge in [0.2, 0.25) is 0 Å². The zero-order chi connectivity index (χ0) is 24.2. The highest BCUT2D eigenvalue weighted by atomic mass is 16.3. The highest BCUT2D eigenvalue weighted by Crippen LogP contribution is 2.88. The SMILES string of the molecule is CC(C)=C[C@H](O)C[C@@H](C)[C@H]1CC[C@@]2(C)[C@@H]3[C@@H](O)C[C@H]4C(C)(C)C(=O)CC[C@@]45C[C@@]35CC[C@]12C. The molecule has 3 heteroatoms. The van der Waals surface area contributed by atoms with E-state index >= 15 is 0 Å². The third kappa shape index (κ3) is 2.90. The van der Waals surface area contributed by atoms with Crippen LogP contribution >= 0.6 is 0 Å². The zero-order valence-corrected chi connectivity index (χ0v) is 22.2. The van der Waals surface area contributed by atoms with Crippen molar-refractivity contribution >= 4 is 5.78 Å². The van der Waals surface area contributed by atoms with Gasteiger partial charge in [0, 0.05) is 11.8 Å². The van der Waals surface area contributed by atoms with E-state index in [4.69, 9.17) is 0 Å². The number of allylic oxidation sites excluding steroid dienone is 1. The van der Waals surface area contributed by atoms with Gasteiger partial charge in [-0.3, -0.25) is 4.79 Å². The Balaban J connectivity index is 1.45. The van der Waals surface area contributed by atoms with E-state index in [2.05, 4.69) is 48.5 Å². The van der Waals surface area contributed by atoms with Crippen molar-refractivity contribution in [1.29, 1.82) is 0 Å². The number of aliphatic hydroxyl groups excluding tert-OH is 2. The Morgan fingerprint density at radius 2 is 1.76 bits per heavy atom. The minimum atomic E-state index is -0.356. The molecular formula is C30H48O3. The summed E-state index contributed by atoms with van der Waals surface area (Å²) in [6.07, 6.45) is 10.9. The van der Waals surface area contributed by atoms with E-state index < -0.39 is 0 Å². The second kappa shape index (κ2) is 7.19. The molecule has 0 aromatic rings. The van der Waals surface area contributed by atoms with Gasteiger partial charge in [0.1, 0.15) is 5.78 Å². The third-order valence-corrected chi connectivity index (χ3v) is 12.7. The van der Waals surface area contributed by atoms with E-state index in [1.54, 1.807) is 0 Å². The van der Waals surface area contributed by atoms with Crippen molar-refractivity contribution in [3.8, 4) is 0 Å². The summed E-state index contributed by atoms with van der Waals surface area (Å²) in [4.78, 5) is 12.9. The monoisotopic (exact) mass is 456 g/mol. The summed E-state index contributed by atoms with van der Waals surface area (Å²) in [6.45, 7) is 15.9. The number of hydrogen-bond donors (Lipinski definition) is 2. The molecule has 5 fully saturated rings. The molecule has 0 amide bonds. The Morgan fingerprint density at radius 3 is 2.42 bits per heavy atom. The van der Waals surface area contributed by atoms with E-state index in [1.165, 1.54) is 37.7 Å². The van der Waals surface area contributed by atoms with E-state index in [9.17, 15) is 15.0 Å². The molecule has 186 valence electrons. The minimum Gasteiger partial charge on any atom is -0.393 e. The van der Waals surface area contributed by atoms with Crippen LogP contribution in [-0.2, 0) is 4.79 Å². The number of rotatable bonds is 4. The standard InChI is InChI=1S/C30H48O3/c1-18(2)14-20(31)15-19(3)21-8-10-28(7)25-22(32)16-23-26(4,5)24(33)9-11-29(23)17-30(25,29)13-12-27(21,28)6/h14,19-23,25,31-32H,8-13,15-17H2,1-7H3/t19-,20+,21-,22+,23+,25+,27-,28+,29-,30+/m1/s1. The number of fused-ring (bicyclic) bond motifs is 2. The van der Waals surface area contributed by atoms with Crippen molar-refractivity contribution in [3.05, 3.63) is 11.6 Å². The van der Waals surface area contributed by atoms with E-state index in [0.29, 0.717) is 34.9 Å². The van der Waals surface area contributed by atoms with E-state index in [0.717, 1.165) is 25.7 Å². The van der Waals surface area contributed by atoms with Gasteiger partial charge < -0.3 is 10.2 Å². The Morgan fingerprint density at radius 1 is 1.06 bits per heavy atom. The topological polar surface area (TPSA) is 57.5 Å². The maximum atomic E-state index is 12.9. The molecule has 2 N–H and O–H groups in total. The molecule has 0 aromatic carbocycles. The fourth-order valence-corrected chi connectivity index (χ4v) is 11.1. The molecule has 0 bridgehead atoms. The van der Waals surface area contributed by atoms with Crippen LogP contribution in [0.3, 0.4) is 0 Å². The van der Waals surface area contributed by atoms with Crippen LogP contribution in [0.15, 0.2) is 11.6 Å². The van der Waals surface area contributed by atoms with Crippen LogP contribution in [0.1, 0.15) is 106 Å². The highest BCUT2D eigenvalue weighted by Gasteiger charge is 2.83. The molecule has 0 aromatic heterocycles. The minimum absolute atomic E-state index is 0.144. The molecule has 0 heterocycles. The summed E-state index contributed by atoms with van der Waals surface area (Å²) in [5, 5.41) is 22.4. The molecule has 2 spiro atoms. The molecule has 33 heavy (non-hydrogen) atoms. The molecule has 0 saturated heterocycles. The molecule has 0 aliphatic heterocycles. The fourth-order valence-electron chi connectivity index (χ4n) is 11.1. The lowest BCUT2D eigenvalue weighted by molar-refractivity contribution is -0.189. The van der Waals surface area contributed by atoms with Gasteiger partial charge in [0.15, 0.2) is 0 Å². The van der Waals surface area contributed by atoms with Crippen molar-refractivity contribution in [2.45, 2.75) is 118 Å². The van der Waals surface area contributed by atoms with Crippen molar-refractivity contribution < 1.29 is 15.0 Å². The number of carbonyl (C=O) groups excluding carboxylic acids is 1. The summed E-state index contributed by atoms with van der Waals surface area (Å²) in [6, 6.07) is 0. The van der Waals surface area contributed by atoms with Crippen molar-refractivity contribution in [2.24, 2.45) is 50.7 Å². The Hall–Kier alpha value is -0.670. The van der Waals surface area contributed by atoms with Gasteiger partial charge in [-0.05, 0) is 111 Å². The van der Waals surface area contributed by atoms with Gasteiger partial charge in [-0.25, -0.2) is 0 Å². The maximum absolute atomic E-state index is 12.9. The van der Waals surface area contributed by atoms with Crippen LogP contribution in [0.2, 0.25) is 0 Å². The Labute approximate surface area is 201 Å². The first-order valence-corrected chi connectivity index (χ1v) is 13.8. The molecule has 3 nitrogen and oxygen atoms in total. The van der Waals surface area contributed by atoms with Gasteiger partial charge in [-0.2, -0.15) is 0 Å². The first-order valence-electron chi connectivity index (χ1n) is 13.8. The smallest absolute Gasteiger partial charge is 0.138 e. The average molecular weight is 457 g/mol. The molecule has 5 aliphatic rings. The predicted octanol–water partition coefficient (Wildman–Crippen LogP) is 6.32. The van der Waals surface area contributed by atoms with Crippen molar-refractivity contribution in [2.75, 3.05) is 0 Å². The van der Waals surface area contributed by atoms with Crippen LogP contribution in [0.25, 0.3) is 0 Å². The average Bonchev–Trinajstić information content (AvgIpc) is 3.26. The molecule has 5 rings (SSSR count). The Kier molecular flexibility index (Phi) is 5.24.